The Labute approximate surface area is 230 Å². The molecule has 4 aromatic rings. The van der Waals surface area contributed by atoms with Gasteiger partial charge in [0, 0.05) is 10.7 Å². The number of hydrogen-bond donors (Lipinski definition) is 2. The van der Waals surface area contributed by atoms with Crippen molar-refractivity contribution >= 4 is 47.1 Å². The molecular formula is C30H24ClN3O3S. The van der Waals surface area contributed by atoms with Crippen LogP contribution in [0.2, 0.25) is 5.02 Å². The Balaban J connectivity index is 1.08. The molecule has 2 amide bonds. The molecule has 0 fully saturated rings. The molecular weight excluding hydrogens is 518 g/mol. The van der Waals surface area contributed by atoms with Crippen molar-refractivity contribution in [3.8, 4) is 16.9 Å². The molecule has 0 heterocycles. The van der Waals surface area contributed by atoms with Gasteiger partial charge in [0.1, 0.15) is 5.75 Å². The van der Waals surface area contributed by atoms with Crippen LogP contribution in [0.4, 0.5) is 5.69 Å². The lowest BCUT2D eigenvalue weighted by atomic mass is 10.1. The first-order valence-corrected chi connectivity index (χ1v) is 13.4. The van der Waals surface area contributed by atoms with E-state index in [1.165, 1.54) is 22.3 Å². The number of halogens is 1. The summed E-state index contributed by atoms with van der Waals surface area (Å²) in [6, 6.07) is 30.6. The zero-order chi connectivity index (χ0) is 26.3. The van der Waals surface area contributed by atoms with Crippen LogP contribution in [0.1, 0.15) is 21.9 Å². The average Bonchev–Trinajstić information content (AvgIpc) is 3.25. The zero-order valence-electron chi connectivity index (χ0n) is 20.3. The van der Waals surface area contributed by atoms with Gasteiger partial charge in [-0.25, -0.2) is 5.43 Å². The van der Waals surface area contributed by atoms with E-state index in [4.69, 9.17) is 16.3 Å². The first-order valence-electron chi connectivity index (χ1n) is 12.0. The van der Waals surface area contributed by atoms with Crippen LogP contribution in [0.3, 0.4) is 0 Å². The lowest BCUT2D eigenvalue weighted by Crippen LogP contribution is -2.20. The number of thioether (sulfide) groups is 1. The van der Waals surface area contributed by atoms with E-state index in [0.717, 1.165) is 5.56 Å². The molecule has 0 radical (unpaired) electrons. The van der Waals surface area contributed by atoms with Gasteiger partial charge in [0.2, 0.25) is 5.91 Å². The number of carbonyl (C=O) groups is 2. The second-order valence-electron chi connectivity index (χ2n) is 8.57. The molecule has 38 heavy (non-hydrogen) atoms. The van der Waals surface area contributed by atoms with Crippen molar-refractivity contribution in [1.29, 1.82) is 0 Å². The fourth-order valence-electron chi connectivity index (χ4n) is 4.22. The van der Waals surface area contributed by atoms with Crippen molar-refractivity contribution in [1.82, 2.24) is 5.43 Å². The molecule has 2 N–H and O–H groups in total. The van der Waals surface area contributed by atoms with Crippen molar-refractivity contribution in [2.45, 2.75) is 5.25 Å². The van der Waals surface area contributed by atoms with Crippen molar-refractivity contribution in [3.63, 3.8) is 0 Å². The van der Waals surface area contributed by atoms with Crippen LogP contribution in [-0.4, -0.2) is 30.4 Å². The monoisotopic (exact) mass is 541 g/mol. The minimum absolute atomic E-state index is 0.122. The Morgan fingerprint density at radius 3 is 2.24 bits per heavy atom. The number of nitrogens with zero attached hydrogens (tertiary/aromatic N) is 1. The highest BCUT2D eigenvalue weighted by atomic mass is 35.5. The summed E-state index contributed by atoms with van der Waals surface area (Å²) < 4.78 is 5.54. The lowest BCUT2D eigenvalue weighted by molar-refractivity contribution is -0.119. The topological polar surface area (TPSA) is 79.8 Å². The highest BCUT2D eigenvalue weighted by Gasteiger charge is 2.28. The molecule has 6 nitrogen and oxygen atoms in total. The summed E-state index contributed by atoms with van der Waals surface area (Å²) in [4.78, 5) is 24.5. The summed E-state index contributed by atoms with van der Waals surface area (Å²) in [5.41, 5.74) is 8.92. The van der Waals surface area contributed by atoms with Crippen molar-refractivity contribution < 1.29 is 14.3 Å². The molecule has 5 rings (SSSR count). The number of carbonyl (C=O) groups excluding carboxylic acids is 2. The van der Waals surface area contributed by atoms with Crippen LogP contribution in [0, 0.1) is 0 Å². The van der Waals surface area contributed by atoms with Crippen LogP contribution in [0.5, 0.6) is 5.75 Å². The van der Waals surface area contributed by atoms with Crippen LogP contribution >= 0.6 is 23.4 Å². The number of benzene rings is 4. The highest BCUT2D eigenvalue weighted by molar-refractivity contribution is 8.00. The first kappa shape index (κ1) is 25.6. The van der Waals surface area contributed by atoms with Gasteiger partial charge in [0.15, 0.2) is 6.61 Å². The fraction of sp³-hybridized carbons (Fsp3) is 0.100. The van der Waals surface area contributed by atoms with Gasteiger partial charge in [-0.3, -0.25) is 9.59 Å². The second-order valence-corrected chi connectivity index (χ2v) is 10.1. The summed E-state index contributed by atoms with van der Waals surface area (Å²) >= 11 is 7.52. The molecule has 0 aliphatic heterocycles. The van der Waals surface area contributed by atoms with Gasteiger partial charge in [0.25, 0.3) is 5.91 Å². The van der Waals surface area contributed by atoms with E-state index in [-0.39, 0.29) is 29.4 Å². The van der Waals surface area contributed by atoms with Gasteiger partial charge in [-0.2, -0.15) is 5.10 Å². The molecule has 0 aromatic heterocycles. The van der Waals surface area contributed by atoms with E-state index >= 15 is 0 Å². The molecule has 0 saturated carbocycles. The van der Waals surface area contributed by atoms with Crippen LogP contribution in [0.15, 0.2) is 102 Å². The third-order valence-corrected chi connectivity index (χ3v) is 7.42. The molecule has 1 aliphatic rings. The molecule has 0 spiro atoms. The fourth-order valence-corrected chi connectivity index (χ4v) is 5.56. The largest absolute Gasteiger partial charge is 0.484 e. The summed E-state index contributed by atoms with van der Waals surface area (Å²) in [6.45, 7) is -0.135. The van der Waals surface area contributed by atoms with Gasteiger partial charge in [0.05, 0.1) is 17.2 Å². The van der Waals surface area contributed by atoms with Gasteiger partial charge < -0.3 is 10.1 Å². The Hall–Kier alpha value is -4.07. The number of ether oxygens (including phenoxy) is 1. The van der Waals surface area contributed by atoms with E-state index in [9.17, 15) is 9.59 Å². The van der Waals surface area contributed by atoms with Crippen LogP contribution in [-0.2, 0) is 9.59 Å². The quantitative estimate of drug-likeness (QED) is 0.192. The molecule has 4 aromatic carbocycles. The maximum Gasteiger partial charge on any atom is 0.262 e. The Kier molecular flexibility index (Phi) is 8.06. The van der Waals surface area contributed by atoms with Gasteiger partial charge in [-0.1, -0.05) is 66.2 Å². The summed E-state index contributed by atoms with van der Waals surface area (Å²) in [5, 5.41) is 7.47. The van der Waals surface area contributed by atoms with Gasteiger partial charge >= 0.3 is 0 Å². The molecule has 1 aliphatic carbocycles. The number of fused-ring (bicyclic) bond motifs is 3. The first-order chi connectivity index (χ1) is 18.6. The third-order valence-electron chi connectivity index (χ3n) is 5.92. The number of nitrogens with one attached hydrogen (secondary N) is 2. The van der Waals surface area contributed by atoms with Crippen molar-refractivity contribution in [2.24, 2.45) is 5.10 Å². The lowest BCUT2D eigenvalue weighted by Gasteiger charge is -2.12. The Bertz CT molecular complexity index is 1440. The minimum Gasteiger partial charge on any atom is -0.484 e. The number of anilines is 1. The summed E-state index contributed by atoms with van der Waals surface area (Å²) in [5.74, 6) is 0.372. The maximum absolute atomic E-state index is 12.5. The van der Waals surface area contributed by atoms with E-state index in [1.807, 2.05) is 24.3 Å². The van der Waals surface area contributed by atoms with E-state index in [2.05, 4.69) is 40.1 Å². The standard InChI is InChI=1S/C30H24ClN3O3S/c31-21-6-5-7-22(16-21)33-28(35)18-37-23-14-12-20(13-15-23)17-32-34-29(36)19-38-30-26-10-3-1-8-24(26)25-9-2-4-11-27(25)30/h1-17,30H,18-19H2,(H,33,35)(H,34,36)/b32-17-. The summed E-state index contributed by atoms with van der Waals surface area (Å²) in [6.07, 6.45) is 1.57. The van der Waals surface area contributed by atoms with E-state index in [0.29, 0.717) is 16.5 Å². The molecule has 0 atom stereocenters. The number of rotatable bonds is 9. The van der Waals surface area contributed by atoms with E-state index in [1.54, 1.807) is 66.5 Å². The molecule has 0 bridgehead atoms. The van der Waals surface area contributed by atoms with Crippen LogP contribution < -0.4 is 15.5 Å². The zero-order valence-corrected chi connectivity index (χ0v) is 21.8. The maximum atomic E-state index is 12.5. The SMILES string of the molecule is O=C(CSC1c2ccccc2-c2ccccc21)N/N=C\c1ccc(OCC(=O)Nc2cccc(Cl)c2)cc1. The average molecular weight is 542 g/mol. The normalized spacial score (nSPS) is 12.1. The number of hydrogen-bond acceptors (Lipinski definition) is 5. The number of hydrazone groups is 1. The summed E-state index contributed by atoms with van der Waals surface area (Å²) in [7, 11) is 0. The third kappa shape index (κ3) is 6.25. The molecule has 0 unspecified atom stereocenters. The molecule has 0 saturated heterocycles. The Morgan fingerprint density at radius 2 is 1.55 bits per heavy atom. The smallest absolute Gasteiger partial charge is 0.262 e. The van der Waals surface area contributed by atoms with Gasteiger partial charge in [-0.15, -0.1) is 11.8 Å². The minimum atomic E-state index is -0.289. The van der Waals surface area contributed by atoms with Crippen molar-refractivity contribution in [3.05, 3.63) is 119 Å². The van der Waals surface area contributed by atoms with Crippen molar-refractivity contribution in [2.75, 3.05) is 17.7 Å². The van der Waals surface area contributed by atoms with E-state index < -0.39 is 0 Å². The number of amides is 2. The highest BCUT2D eigenvalue weighted by Crippen LogP contribution is 2.49. The predicted molar refractivity (Wildman–Crippen MR) is 154 cm³/mol. The van der Waals surface area contributed by atoms with Gasteiger partial charge in [-0.05, 0) is 70.3 Å². The molecule has 190 valence electrons. The van der Waals surface area contributed by atoms with Crippen LogP contribution in [0.25, 0.3) is 11.1 Å². The Morgan fingerprint density at radius 1 is 0.868 bits per heavy atom. The molecule has 8 heteroatoms. The predicted octanol–water partition coefficient (Wildman–Crippen LogP) is 6.31. The second kappa shape index (κ2) is 12.0.